The van der Waals surface area contributed by atoms with Gasteiger partial charge < -0.3 is 15.2 Å². The van der Waals surface area contributed by atoms with Crippen LogP contribution in [-0.4, -0.2) is 40.5 Å². The lowest BCUT2D eigenvalue weighted by Gasteiger charge is -2.26. The molecule has 1 saturated carbocycles. The molecule has 0 spiro atoms. The van der Waals surface area contributed by atoms with E-state index in [0.717, 1.165) is 25.7 Å². The van der Waals surface area contributed by atoms with E-state index in [1.54, 1.807) is 19.4 Å². The molecule has 2 rings (SSSR count). The number of ether oxygens (including phenoxy) is 1. The molecule has 21 heavy (non-hydrogen) atoms. The summed E-state index contributed by atoms with van der Waals surface area (Å²) in [6.07, 6.45) is 6.05. The Hall–Kier alpha value is -1.89. The number of anilines is 1. The minimum atomic E-state index is -0.969. The zero-order valence-electron chi connectivity index (χ0n) is 12.2. The van der Waals surface area contributed by atoms with Gasteiger partial charge in [-0.3, -0.25) is 14.3 Å². The second-order valence-corrected chi connectivity index (χ2v) is 5.48. The number of carbonyl (C=O) groups excluding carboxylic acids is 1. The number of aliphatic carboxylic acids is 1. The molecule has 0 bridgehead atoms. The highest BCUT2D eigenvalue weighted by Gasteiger charge is 2.40. The van der Waals surface area contributed by atoms with Crippen LogP contribution in [0.1, 0.15) is 32.1 Å². The Morgan fingerprint density at radius 3 is 2.81 bits per heavy atom. The second-order valence-electron chi connectivity index (χ2n) is 5.48. The van der Waals surface area contributed by atoms with Gasteiger partial charge in [-0.15, -0.1) is 0 Å². The summed E-state index contributed by atoms with van der Waals surface area (Å²) in [5, 5.41) is 15.6. The number of nitrogens with zero attached hydrogens (tertiary/aromatic N) is 2. The van der Waals surface area contributed by atoms with Crippen LogP contribution in [0.3, 0.4) is 0 Å². The van der Waals surface area contributed by atoms with Crippen LogP contribution in [-0.2, 0) is 20.9 Å². The molecule has 1 amide bonds. The van der Waals surface area contributed by atoms with Crippen LogP contribution in [0.5, 0.6) is 0 Å². The van der Waals surface area contributed by atoms with Crippen molar-refractivity contribution in [2.24, 2.45) is 5.41 Å². The van der Waals surface area contributed by atoms with Crippen molar-refractivity contribution in [3.63, 3.8) is 0 Å². The summed E-state index contributed by atoms with van der Waals surface area (Å²) in [6, 6.07) is 1.61. The van der Waals surface area contributed by atoms with Crippen molar-refractivity contribution in [2.75, 3.05) is 19.0 Å². The Labute approximate surface area is 123 Å². The number of nitrogens with one attached hydrogen (secondary N) is 1. The molecule has 1 heterocycles. The van der Waals surface area contributed by atoms with Crippen LogP contribution in [0.15, 0.2) is 12.3 Å². The highest BCUT2D eigenvalue weighted by molar-refractivity contribution is 5.94. The number of amides is 1. The summed E-state index contributed by atoms with van der Waals surface area (Å²) >= 11 is 0. The number of aromatic nitrogens is 2. The third-order valence-electron chi connectivity index (χ3n) is 4.01. The van der Waals surface area contributed by atoms with Gasteiger partial charge in [-0.1, -0.05) is 12.8 Å². The molecule has 0 radical (unpaired) electrons. The lowest BCUT2D eigenvalue weighted by molar-refractivity contribution is -0.137. The first-order valence-electron chi connectivity index (χ1n) is 7.11. The van der Waals surface area contributed by atoms with E-state index in [9.17, 15) is 9.59 Å². The standard InChI is InChI=1S/C14H21N3O4/c1-21-9-7-14(5-2-3-6-14)13(20)15-11-4-8-17(16-11)10-12(18)19/h4,8H,2-3,5-7,9-10H2,1H3,(H,18,19)(H,15,16,20). The smallest absolute Gasteiger partial charge is 0.325 e. The molecule has 1 aliphatic rings. The van der Waals surface area contributed by atoms with Crippen molar-refractivity contribution in [2.45, 2.75) is 38.6 Å². The first kappa shape index (κ1) is 15.5. The molecule has 0 aromatic carbocycles. The normalized spacial score (nSPS) is 16.8. The largest absolute Gasteiger partial charge is 0.480 e. The van der Waals surface area contributed by atoms with Crippen LogP contribution in [0.25, 0.3) is 0 Å². The molecular formula is C14H21N3O4. The first-order valence-corrected chi connectivity index (χ1v) is 7.11. The van der Waals surface area contributed by atoms with Crippen LogP contribution in [0, 0.1) is 5.41 Å². The van der Waals surface area contributed by atoms with Gasteiger partial charge in [-0.05, 0) is 19.3 Å². The molecular weight excluding hydrogens is 274 g/mol. The van der Waals surface area contributed by atoms with Gasteiger partial charge in [0, 0.05) is 26.0 Å². The van der Waals surface area contributed by atoms with Crippen molar-refractivity contribution in [3.05, 3.63) is 12.3 Å². The molecule has 116 valence electrons. The summed E-state index contributed by atoms with van der Waals surface area (Å²) in [6.45, 7) is 0.339. The van der Waals surface area contributed by atoms with Crippen molar-refractivity contribution >= 4 is 17.7 Å². The van der Waals surface area contributed by atoms with E-state index >= 15 is 0 Å². The number of hydrogen-bond acceptors (Lipinski definition) is 4. The quantitative estimate of drug-likeness (QED) is 0.795. The average Bonchev–Trinajstić information content (AvgIpc) is 3.06. The molecule has 1 aliphatic carbocycles. The topological polar surface area (TPSA) is 93.5 Å². The monoisotopic (exact) mass is 295 g/mol. The fourth-order valence-corrected chi connectivity index (χ4v) is 2.84. The number of rotatable bonds is 7. The lowest BCUT2D eigenvalue weighted by Crippen LogP contribution is -2.35. The number of hydrogen-bond donors (Lipinski definition) is 2. The van der Waals surface area contributed by atoms with Crippen molar-refractivity contribution in [1.82, 2.24) is 9.78 Å². The van der Waals surface area contributed by atoms with Crippen LogP contribution in [0.4, 0.5) is 5.82 Å². The number of methoxy groups -OCH3 is 1. The minimum Gasteiger partial charge on any atom is -0.480 e. The molecule has 1 aromatic rings. The Balaban J connectivity index is 2.01. The minimum absolute atomic E-state index is 0.0439. The summed E-state index contributed by atoms with van der Waals surface area (Å²) < 4.78 is 6.40. The maximum atomic E-state index is 12.5. The lowest BCUT2D eigenvalue weighted by atomic mass is 9.82. The molecule has 0 saturated heterocycles. The predicted molar refractivity (Wildman–Crippen MR) is 75.9 cm³/mol. The fourth-order valence-electron chi connectivity index (χ4n) is 2.84. The molecule has 0 atom stereocenters. The molecule has 7 heteroatoms. The Morgan fingerprint density at radius 1 is 1.48 bits per heavy atom. The third kappa shape index (κ3) is 3.81. The van der Waals surface area contributed by atoms with E-state index in [1.807, 2.05) is 0 Å². The summed E-state index contributed by atoms with van der Waals surface area (Å²) in [5.41, 5.74) is -0.382. The van der Waals surface area contributed by atoms with E-state index in [0.29, 0.717) is 18.8 Å². The highest BCUT2D eigenvalue weighted by Crippen LogP contribution is 2.42. The van der Waals surface area contributed by atoms with E-state index in [1.165, 1.54) is 4.68 Å². The van der Waals surface area contributed by atoms with E-state index in [2.05, 4.69) is 10.4 Å². The Morgan fingerprint density at radius 2 is 2.19 bits per heavy atom. The average molecular weight is 295 g/mol. The molecule has 0 unspecified atom stereocenters. The fraction of sp³-hybridized carbons (Fsp3) is 0.643. The number of carboxylic acid groups (broad SMARTS) is 1. The summed E-state index contributed by atoms with van der Waals surface area (Å²) in [7, 11) is 1.63. The van der Waals surface area contributed by atoms with E-state index in [-0.39, 0.29) is 17.9 Å². The van der Waals surface area contributed by atoms with Crippen molar-refractivity contribution < 1.29 is 19.4 Å². The Kier molecular flexibility index (Phi) is 4.95. The van der Waals surface area contributed by atoms with Gasteiger partial charge in [0.25, 0.3) is 0 Å². The van der Waals surface area contributed by atoms with E-state index < -0.39 is 5.97 Å². The first-order chi connectivity index (χ1) is 10.1. The Bertz CT molecular complexity index is 506. The number of carboxylic acids is 1. The molecule has 1 fully saturated rings. The van der Waals surface area contributed by atoms with Gasteiger partial charge in [-0.2, -0.15) is 5.10 Å². The maximum Gasteiger partial charge on any atom is 0.325 e. The summed E-state index contributed by atoms with van der Waals surface area (Å²) in [4.78, 5) is 23.2. The van der Waals surface area contributed by atoms with Gasteiger partial charge in [0.05, 0.1) is 5.41 Å². The second kappa shape index (κ2) is 6.71. The van der Waals surface area contributed by atoms with Gasteiger partial charge in [0.2, 0.25) is 5.91 Å². The highest BCUT2D eigenvalue weighted by atomic mass is 16.5. The number of carbonyl (C=O) groups is 2. The maximum absolute atomic E-state index is 12.5. The van der Waals surface area contributed by atoms with Crippen LogP contribution >= 0.6 is 0 Å². The molecule has 7 nitrogen and oxygen atoms in total. The zero-order valence-corrected chi connectivity index (χ0v) is 12.2. The molecule has 1 aromatic heterocycles. The van der Waals surface area contributed by atoms with Crippen molar-refractivity contribution in [3.8, 4) is 0 Å². The molecule has 2 N–H and O–H groups in total. The van der Waals surface area contributed by atoms with E-state index in [4.69, 9.17) is 9.84 Å². The third-order valence-corrected chi connectivity index (χ3v) is 4.01. The van der Waals surface area contributed by atoms with Crippen LogP contribution in [0.2, 0.25) is 0 Å². The van der Waals surface area contributed by atoms with Crippen LogP contribution < -0.4 is 5.32 Å². The SMILES string of the molecule is COCCC1(C(=O)Nc2ccn(CC(=O)O)n2)CCCC1. The van der Waals surface area contributed by atoms with Gasteiger partial charge in [0.15, 0.2) is 5.82 Å². The van der Waals surface area contributed by atoms with Gasteiger partial charge in [-0.25, -0.2) is 0 Å². The predicted octanol–water partition coefficient (Wildman–Crippen LogP) is 1.50. The summed E-state index contributed by atoms with van der Waals surface area (Å²) in [5.74, 6) is -0.620. The van der Waals surface area contributed by atoms with Gasteiger partial charge in [0.1, 0.15) is 6.54 Å². The van der Waals surface area contributed by atoms with Crippen molar-refractivity contribution in [1.29, 1.82) is 0 Å². The zero-order chi connectivity index (χ0) is 15.3. The molecule has 0 aliphatic heterocycles. The van der Waals surface area contributed by atoms with Gasteiger partial charge >= 0.3 is 5.97 Å².